The van der Waals surface area contributed by atoms with E-state index in [-0.39, 0.29) is 5.24 Å². The summed E-state index contributed by atoms with van der Waals surface area (Å²) >= 11 is 1.35. The molecule has 1 amide bonds. The fourth-order valence-corrected chi connectivity index (χ4v) is 3.35. The summed E-state index contributed by atoms with van der Waals surface area (Å²) in [6, 6.07) is 14.4. The van der Waals surface area contributed by atoms with Gasteiger partial charge in [-0.3, -0.25) is 4.79 Å². The molecule has 2 rings (SSSR count). The predicted molar refractivity (Wildman–Crippen MR) is 92.0 cm³/mol. The zero-order valence-corrected chi connectivity index (χ0v) is 13.7. The zero-order chi connectivity index (χ0) is 15.1. The summed E-state index contributed by atoms with van der Waals surface area (Å²) in [6.07, 6.45) is 3.46. The van der Waals surface area contributed by atoms with E-state index in [1.807, 2.05) is 36.1 Å². The molecule has 2 nitrogen and oxygen atoms in total. The summed E-state index contributed by atoms with van der Waals surface area (Å²) in [4.78, 5) is 15.5. The van der Waals surface area contributed by atoms with Crippen LogP contribution in [0.3, 0.4) is 0 Å². The van der Waals surface area contributed by atoms with Crippen LogP contribution in [0.1, 0.15) is 33.1 Å². The highest BCUT2D eigenvalue weighted by atomic mass is 32.2. The number of rotatable bonds is 6. The van der Waals surface area contributed by atoms with Gasteiger partial charge in [-0.05, 0) is 41.9 Å². The van der Waals surface area contributed by atoms with Crippen LogP contribution in [-0.4, -0.2) is 23.2 Å². The normalized spacial score (nSPS) is 10.8. The quantitative estimate of drug-likeness (QED) is 0.514. The van der Waals surface area contributed by atoms with Gasteiger partial charge in [0.25, 0.3) is 5.24 Å². The van der Waals surface area contributed by atoms with Crippen LogP contribution in [0, 0.1) is 0 Å². The Morgan fingerprint density at radius 3 is 2.57 bits per heavy atom. The maximum absolute atomic E-state index is 12.5. The Morgan fingerprint density at radius 1 is 1.05 bits per heavy atom. The second-order valence-electron chi connectivity index (χ2n) is 5.13. The van der Waals surface area contributed by atoms with E-state index in [9.17, 15) is 4.79 Å². The van der Waals surface area contributed by atoms with Crippen molar-refractivity contribution in [3.05, 3.63) is 42.5 Å². The van der Waals surface area contributed by atoms with E-state index in [0.29, 0.717) is 0 Å². The van der Waals surface area contributed by atoms with Gasteiger partial charge < -0.3 is 4.90 Å². The van der Waals surface area contributed by atoms with Gasteiger partial charge in [0.05, 0.1) is 0 Å². The molecule has 0 aromatic heterocycles. The molecule has 2 aromatic rings. The first-order valence-corrected chi connectivity index (χ1v) is 8.52. The van der Waals surface area contributed by atoms with Crippen molar-refractivity contribution in [1.82, 2.24) is 4.90 Å². The summed E-state index contributed by atoms with van der Waals surface area (Å²) in [5.41, 5.74) is 0. The average molecular weight is 301 g/mol. The van der Waals surface area contributed by atoms with E-state index in [4.69, 9.17) is 0 Å². The largest absolute Gasteiger partial charge is 0.334 e. The lowest BCUT2D eigenvalue weighted by molar-refractivity contribution is 0.224. The molecule has 0 spiro atoms. The number of nitrogens with zero attached hydrogens (tertiary/aromatic N) is 1. The monoisotopic (exact) mass is 301 g/mol. The van der Waals surface area contributed by atoms with Crippen LogP contribution < -0.4 is 0 Å². The van der Waals surface area contributed by atoms with Gasteiger partial charge in [0.15, 0.2) is 0 Å². The smallest absolute Gasteiger partial charge is 0.286 e. The van der Waals surface area contributed by atoms with Crippen molar-refractivity contribution >= 4 is 27.8 Å². The lowest BCUT2D eigenvalue weighted by Gasteiger charge is -2.20. The van der Waals surface area contributed by atoms with Crippen molar-refractivity contribution in [2.75, 3.05) is 13.1 Å². The highest BCUT2D eigenvalue weighted by molar-refractivity contribution is 8.13. The van der Waals surface area contributed by atoms with Crippen LogP contribution in [0.5, 0.6) is 0 Å². The number of carbonyl (C=O) groups is 1. The molecule has 112 valence electrons. The Balaban J connectivity index is 2.09. The maximum Gasteiger partial charge on any atom is 0.286 e. The highest BCUT2D eigenvalue weighted by Crippen LogP contribution is 2.29. The van der Waals surface area contributed by atoms with E-state index in [1.54, 1.807) is 0 Å². The van der Waals surface area contributed by atoms with Gasteiger partial charge in [-0.25, -0.2) is 0 Å². The van der Waals surface area contributed by atoms with Crippen LogP contribution in [0.4, 0.5) is 4.79 Å². The van der Waals surface area contributed by atoms with Gasteiger partial charge in [-0.15, -0.1) is 0 Å². The fourth-order valence-electron chi connectivity index (χ4n) is 2.37. The molecular weight excluding hydrogens is 278 g/mol. The SMILES string of the molecule is CCCCCN(CC)C(=O)Sc1cccc2ccccc12. The number of hydrogen-bond donors (Lipinski definition) is 0. The van der Waals surface area contributed by atoms with Gasteiger partial charge in [0, 0.05) is 18.0 Å². The lowest BCUT2D eigenvalue weighted by Crippen LogP contribution is -2.28. The van der Waals surface area contributed by atoms with E-state index in [0.717, 1.165) is 29.8 Å². The second kappa shape index (κ2) is 8.08. The molecule has 0 atom stereocenters. The zero-order valence-electron chi connectivity index (χ0n) is 12.8. The van der Waals surface area contributed by atoms with E-state index >= 15 is 0 Å². The number of amides is 1. The summed E-state index contributed by atoms with van der Waals surface area (Å²) in [7, 11) is 0. The maximum atomic E-state index is 12.5. The van der Waals surface area contributed by atoms with Crippen molar-refractivity contribution in [3.8, 4) is 0 Å². The number of unbranched alkanes of at least 4 members (excludes halogenated alkanes) is 2. The topological polar surface area (TPSA) is 20.3 Å². The second-order valence-corrected chi connectivity index (χ2v) is 6.13. The van der Waals surface area contributed by atoms with Crippen LogP contribution in [0.15, 0.2) is 47.4 Å². The molecule has 0 bridgehead atoms. The minimum absolute atomic E-state index is 0.157. The third-order valence-electron chi connectivity index (χ3n) is 3.62. The molecule has 0 aliphatic heterocycles. The van der Waals surface area contributed by atoms with E-state index in [1.165, 1.54) is 30.0 Å². The third-order valence-corrected chi connectivity index (χ3v) is 4.63. The molecule has 0 fully saturated rings. The average Bonchev–Trinajstić information content (AvgIpc) is 2.52. The number of carbonyl (C=O) groups excluding carboxylic acids is 1. The Labute approximate surface area is 131 Å². The Morgan fingerprint density at radius 2 is 1.81 bits per heavy atom. The van der Waals surface area contributed by atoms with Gasteiger partial charge in [0.2, 0.25) is 0 Å². The molecule has 0 heterocycles. The van der Waals surface area contributed by atoms with Crippen LogP contribution in [0.25, 0.3) is 10.8 Å². The predicted octanol–water partition coefficient (Wildman–Crippen LogP) is 5.56. The standard InChI is InChI=1S/C18H23NOS/c1-3-5-8-14-19(4-2)18(20)21-17-13-9-11-15-10-6-7-12-16(15)17/h6-7,9-13H,3-5,8,14H2,1-2H3. The molecule has 3 heteroatoms. The van der Waals surface area contributed by atoms with Crippen molar-refractivity contribution in [2.45, 2.75) is 38.0 Å². The van der Waals surface area contributed by atoms with Crippen molar-refractivity contribution < 1.29 is 4.79 Å². The minimum Gasteiger partial charge on any atom is -0.334 e. The van der Waals surface area contributed by atoms with E-state index in [2.05, 4.69) is 25.1 Å². The fraction of sp³-hybridized carbons (Fsp3) is 0.389. The summed E-state index contributed by atoms with van der Waals surface area (Å²) in [5, 5.41) is 2.50. The highest BCUT2D eigenvalue weighted by Gasteiger charge is 2.14. The summed E-state index contributed by atoms with van der Waals surface area (Å²) in [6.45, 7) is 5.87. The van der Waals surface area contributed by atoms with Gasteiger partial charge >= 0.3 is 0 Å². The van der Waals surface area contributed by atoms with Crippen LogP contribution >= 0.6 is 11.8 Å². The number of hydrogen-bond acceptors (Lipinski definition) is 2. The van der Waals surface area contributed by atoms with Gasteiger partial charge in [-0.1, -0.05) is 56.2 Å². The minimum atomic E-state index is 0.157. The van der Waals surface area contributed by atoms with Gasteiger partial charge in [0.1, 0.15) is 0 Å². The summed E-state index contributed by atoms with van der Waals surface area (Å²) < 4.78 is 0. The first kappa shape index (κ1) is 15.9. The number of fused-ring (bicyclic) bond motifs is 1. The molecular formula is C18H23NOS. The molecule has 0 saturated carbocycles. The first-order chi connectivity index (χ1) is 10.3. The van der Waals surface area contributed by atoms with Crippen LogP contribution in [0.2, 0.25) is 0 Å². The summed E-state index contributed by atoms with van der Waals surface area (Å²) in [5.74, 6) is 0. The Bertz CT molecular complexity index is 591. The van der Waals surface area contributed by atoms with Gasteiger partial charge in [-0.2, -0.15) is 0 Å². The molecule has 21 heavy (non-hydrogen) atoms. The Kier molecular flexibility index (Phi) is 6.12. The third kappa shape index (κ3) is 4.24. The molecule has 2 aromatic carbocycles. The van der Waals surface area contributed by atoms with Crippen molar-refractivity contribution in [1.29, 1.82) is 0 Å². The molecule has 0 radical (unpaired) electrons. The molecule has 0 aliphatic carbocycles. The Hall–Kier alpha value is -1.48. The lowest BCUT2D eigenvalue weighted by atomic mass is 10.1. The van der Waals surface area contributed by atoms with Crippen molar-refractivity contribution in [2.24, 2.45) is 0 Å². The number of benzene rings is 2. The molecule has 0 aliphatic rings. The van der Waals surface area contributed by atoms with E-state index < -0.39 is 0 Å². The molecule has 0 N–H and O–H groups in total. The molecule has 0 saturated heterocycles. The van der Waals surface area contributed by atoms with Crippen LogP contribution in [-0.2, 0) is 0 Å². The first-order valence-electron chi connectivity index (χ1n) is 7.70. The molecule has 0 unspecified atom stereocenters. The van der Waals surface area contributed by atoms with Crippen molar-refractivity contribution in [3.63, 3.8) is 0 Å². The number of thioether (sulfide) groups is 1.